The second-order valence-electron chi connectivity index (χ2n) is 3.85. The van der Waals surface area contributed by atoms with Gasteiger partial charge in [0.25, 0.3) is 0 Å². The van der Waals surface area contributed by atoms with Crippen LogP contribution < -0.4 is 0 Å². The number of benzene rings is 2. The van der Waals surface area contributed by atoms with E-state index >= 15 is 0 Å². The number of carbonyl (C=O) groups is 1. The number of aldehydes is 1. The van der Waals surface area contributed by atoms with Crippen LogP contribution in [0.3, 0.4) is 0 Å². The van der Waals surface area contributed by atoms with Crippen molar-refractivity contribution in [1.82, 2.24) is 0 Å². The quantitative estimate of drug-likeness (QED) is 0.803. The number of aryl methyl sites for hydroxylation is 1. The smallest absolute Gasteiger partial charge is 0.150 e. The van der Waals surface area contributed by atoms with Gasteiger partial charge in [-0.2, -0.15) is 0 Å². The zero-order valence-corrected chi connectivity index (χ0v) is 9.27. The Morgan fingerprint density at radius 1 is 1.12 bits per heavy atom. The maximum atomic E-state index is 13.2. The molecule has 0 fully saturated rings. The molecule has 0 radical (unpaired) electrons. The molecule has 1 N–H and O–H groups in total. The minimum atomic E-state index is -0.422. The van der Waals surface area contributed by atoms with Crippen LogP contribution in [0.15, 0.2) is 36.4 Å². The number of phenolic OH excluding ortho intramolecular Hbond substituents is 1. The van der Waals surface area contributed by atoms with Crippen LogP contribution in [0.25, 0.3) is 11.1 Å². The average Bonchev–Trinajstić information content (AvgIpc) is 2.33. The topological polar surface area (TPSA) is 37.3 Å². The van der Waals surface area contributed by atoms with E-state index in [1.54, 1.807) is 18.2 Å². The number of phenols is 1. The van der Waals surface area contributed by atoms with Crippen LogP contribution in [0, 0.1) is 12.7 Å². The Morgan fingerprint density at radius 2 is 1.88 bits per heavy atom. The number of carbonyl (C=O) groups excluding carboxylic acids is 1. The average molecular weight is 230 g/mol. The molecule has 0 bridgehead atoms. The Balaban J connectivity index is 2.66. The normalized spacial score (nSPS) is 10.2. The zero-order valence-electron chi connectivity index (χ0n) is 9.27. The van der Waals surface area contributed by atoms with Gasteiger partial charge in [-0.15, -0.1) is 0 Å². The number of aromatic hydroxyl groups is 1. The van der Waals surface area contributed by atoms with Gasteiger partial charge in [-0.25, -0.2) is 4.39 Å². The van der Waals surface area contributed by atoms with Crippen molar-refractivity contribution in [3.63, 3.8) is 0 Å². The highest BCUT2D eigenvalue weighted by molar-refractivity contribution is 5.81. The van der Waals surface area contributed by atoms with Crippen molar-refractivity contribution in [1.29, 1.82) is 0 Å². The lowest BCUT2D eigenvalue weighted by atomic mass is 9.97. The van der Waals surface area contributed by atoms with E-state index in [4.69, 9.17) is 0 Å². The van der Waals surface area contributed by atoms with Gasteiger partial charge in [-0.05, 0) is 42.3 Å². The number of hydrogen-bond acceptors (Lipinski definition) is 2. The van der Waals surface area contributed by atoms with Gasteiger partial charge in [0.2, 0.25) is 0 Å². The number of rotatable bonds is 2. The Morgan fingerprint density at radius 3 is 2.59 bits per heavy atom. The van der Waals surface area contributed by atoms with Gasteiger partial charge in [-0.3, -0.25) is 4.79 Å². The largest absolute Gasteiger partial charge is 0.507 e. The Bertz CT molecular complexity index is 576. The molecule has 2 rings (SSSR count). The van der Waals surface area contributed by atoms with E-state index in [9.17, 15) is 14.3 Å². The van der Waals surface area contributed by atoms with Crippen molar-refractivity contribution in [3.05, 3.63) is 53.3 Å². The van der Waals surface area contributed by atoms with Gasteiger partial charge in [0, 0.05) is 11.1 Å². The predicted molar refractivity (Wildman–Crippen MR) is 63.6 cm³/mol. The first-order chi connectivity index (χ1) is 8.11. The van der Waals surface area contributed by atoms with Crippen LogP contribution in [-0.2, 0) is 0 Å². The van der Waals surface area contributed by atoms with Crippen molar-refractivity contribution < 1.29 is 14.3 Å². The molecule has 3 heteroatoms. The summed E-state index contributed by atoms with van der Waals surface area (Å²) < 4.78 is 13.2. The van der Waals surface area contributed by atoms with Crippen molar-refractivity contribution in [3.8, 4) is 16.9 Å². The van der Waals surface area contributed by atoms with E-state index in [1.807, 2.05) is 6.92 Å². The van der Waals surface area contributed by atoms with E-state index in [1.165, 1.54) is 18.2 Å². The second-order valence-corrected chi connectivity index (χ2v) is 3.85. The summed E-state index contributed by atoms with van der Waals surface area (Å²) in [6, 6.07) is 8.84. The maximum absolute atomic E-state index is 13.2. The van der Waals surface area contributed by atoms with E-state index in [-0.39, 0.29) is 5.75 Å². The number of hydrogen-bond donors (Lipinski definition) is 1. The third-order valence-electron chi connectivity index (χ3n) is 2.65. The van der Waals surface area contributed by atoms with Crippen LogP contribution in [0.5, 0.6) is 5.75 Å². The van der Waals surface area contributed by atoms with Gasteiger partial charge in [-0.1, -0.05) is 12.1 Å². The summed E-state index contributed by atoms with van der Waals surface area (Å²) in [7, 11) is 0. The van der Waals surface area contributed by atoms with Crippen molar-refractivity contribution in [2.24, 2.45) is 0 Å². The standard InChI is InChI=1S/C14H11FO2/c1-9-2-3-10(8-16)6-12(9)13-7-11(15)4-5-14(13)17/h2-8,17H,1H3. The van der Waals surface area contributed by atoms with Gasteiger partial charge in [0.15, 0.2) is 0 Å². The molecule has 0 atom stereocenters. The SMILES string of the molecule is Cc1ccc(C=O)cc1-c1cc(F)ccc1O. The van der Waals surface area contributed by atoms with Gasteiger partial charge in [0.1, 0.15) is 17.9 Å². The summed E-state index contributed by atoms with van der Waals surface area (Å²) in [6.45, 7) is 1.84. The summed E-state index contributed by atoms with van der Waals surface area (Å²) in [5, 5.41) is 9.72. The fourth-order valence-electron chi connectivity index (χ4n) is 1.73. The highest BCUT2D eigenvalue weighted by Gasteiger charge is 2.09. The minimum absolute atomic E-state index is 0.00227. The van der Waals surface area contributed by atoms with Crippen LogP contribution in [-0.4, -0.2) is 11.4 Å². The van der Waals surface area contributed by atoms with Crippen molar-refractivity contribution in [2.45, 2.75) is 6.92 Å². The fourth-order valence-corrected chi connectivity index (χ4v) is 1.73. The molecule has 0 aromatic heterocycles. The molecule has 2 aromatic rings. The Labute approximate surface area is 98.3 Å². The van der Waals surface area contributed by atoms with Crippen molar-refractivity contribution in [2.75, 3.05) is 0 Å². The van der Waals surface area contributed by atoms with Gasteiger partial charge in [0.05, 0.1) is 0 Å². The molecule has 0 aliphatic carbocycles. The summed E-state index contributed by atoms with van der Waals surface area (Å²) >= 11 is 0. The van der Waals surface area contributed by atoms with Crippen molar-refractivity contribution >= 4 is 6.29 Å². The molecular weight excluding hydrogens is 219 g/mol. The van der Waals surface area contributed by atoms with E-state index in [0.29, 0.717) is 16.7 Å². The van der Waals surface area contributed by atoms with E-state index in [2.05, 4.69) is 0 Å². The third kappa shape index (κ3) is 2.18. The molecule has 0 heterocycles. The van der Waals surface area contributed by atoms with Gasteiger partial charge < -0.3 is 5.11 Å². The molecule has 0 saturated heterocycles. The van der Waals surface area contributed by atoms with E-state index in [0.717, 1.165) is 11.8 Å². The predicted octanol–water partition coefficient (Wildman–Crippen LogP) is 3.32. The molecule has 2 nitrogen and oxygen atoms in total. The monoisotopic (exact) mass is 230 g/mol. The van der Waals surface area contributed by atoms with Gasteiger partial charge >= 0.3 is 0 Å². The molecule has 0 aliphatic rings. The first-order valence-electron chi connectivity index (χ1n) is 5.16. The second kappa shape index (κ2) is 4.37. The summed E-state index contributed by atoms with van der Waals surface area (Å²) in [6.07, 6.45) is 0.722. The molecular formula is C14H11FO2. The molecule has 0 aliphatic heterocycles. The lowest BCUT2D eigenvalue weighted by Crippen LogP contribution is -1.89. The maximum Gasteiger partial charge on any atom is 0.150 e. The lowest BCUT2D eigenvalue weighted by molar-refractivity contribution is 0.112. The fraction of sp³-hybridized carbons (Fsp3) is 0.0714. The molecule has 0 saturated carbocycles. The molecule has 86 valence electrons. The summed E-state index contributed by atoms with van der Waals surface area (Å²) in [5.74, 6) is -0.425. The minimum Gasteiger partial charge on any atom is -0.507 e. The summed E-state index contributed by atoms with van der Waals surface area (Å²) in [4.78, 5) is 10.7. The van der Waals surface area contributed by atoms with Crippen LogP contribution >= 0.6 is 0 Å². The summed E-state index contributed by atoms with van der Waals surface area (Å²) in [5.41, 5.74) is 2.42. The van der Waals surface area contributed by atoms with Crippen LogP contribution in [0.4, 0.5) is 4.39 Å². The van der Waals surface area contributed by atoms with Crippen LogP contribution in [0.2, 0.25) is 0 Å². The first kappa shape index (κ1) is 11.3. The highest BCUT2D eigenvalue weighted by Crippen LogP contribution is 2.32. The van der Waals surface area contributed by atoms with E-state index < -0.39 is 5.82 Å². The molecule has 2 aromatic carbocycles. The molecule has 0 amide bonds. The lowest BCUT2D eigenvalue weighted by Gasteiger charge is -2.09. The Hall–Kier alpha value is -2.16. The van der Waals surface area contributed by atoms with Crippen LogP contribution in [0.1, 0.15) is 15.9 Å². The highest BCUT2D eigenvalue weighted by atomic mass is 19.1. The molecule has 0 spiro atoms. The number of halogens is 1. The molecule has 17 heavy (non-hydrogen) atoms. The first-order valence-corrected chi connectivity index (χ1v) is 5.16. The molecule has 0 unspecified atom stereocenters. The third-order valence-corrected chi connectivity index (χ3v) is 2.65. The zero-order chi connectivity index (χ0) is 12.4. The Kier molecular flexibility index (Phi) is 2.91.